The van der Waals surface area contributed by atoms with Crippen molar-refractivity contribution in [1.29, 1.82) is 0 Å². The molecule has 0 bridgehead atoms. The smallest absolute Gasteiger partial charge is 0.338 e. The second-order valence-corrected chi connectivity index (χ2v) is 6.76. The Hall–Kier alpha value is -2.95. The van der Waals surface area contributed by atoms with E-state index in [1.165, 1.54) is 0 Å². The summed E-state index contributed by atoms with van der Waals surface area (Å²) >= 11 is 0. The number of amides is 1. The van der Waals surface area contributed by atoms with E-state index in [1.54, 1.807) is 36.4 Å². The number of nitrogens with one attached hydrogen (secondary N) is 1. The molecule has 0 aliphatic rings. The number of hydrogen-bond acceptors (Lipinski definition) is 4. The number of ketones is 1. The van der Waals surface area contributed by atoms with Gasteiger partial charge in [-0.2, -0.15) is 0 Å². The highest BCUT2D eigenvalue weighted by atomic mass is 16.5. The summed E-state index contributed by atoms with van der Waals surface area (Å²) in [6, 6.07) is 15.6. The fourth-order valence-electron chi connectivity index (χ4n) is 2.42. The van der Waals surface area contributed by atoms with Crippen LogP contribution in [-0.2, 0) is 9.53 Å². The topological polar surface area (TPSA) is 72.5 Å². The van der Waals surface area contributed by atoms with Gasteiger partial charge in [0.2, 0.25) is 5.91 Å². The highest BCUT2D eigenvalue weighted by Crippen LogP contribution is 2.13. The lowest BCUT2D eigenvalue weighted by Gasteiger charge is -2.08. The molecule has 0 spiro atoms. The van der Waals surface area contributed by atoms with E-state index in [2.05, 4.69) is 5.32 Å². The van der Waals surface area contributed by atoms with E-state index >= 15 is 0 Å². The first kappa shape index (κ1) is 20.4. The maximum atomic E-state index is 12.0. The number of benzene rings is 2. The van der Waals surface area contributed by atoms with Crippen LogP contribution in [0.3, 0.4) is 0 Å². The van der Waals surface area contributed by atoms with Crippen LogP contribution in [0.15, 0.2) is 54.6 Å². The van der Waals surface area contributed by atoms with Crippen molar-refractivity contribution in [2.24, 2.45) is 5.92 Å². The van der Waals surface area contributed by atoms with Crippen LogP contribution in [-0.4, -0.2) is 24.3 Å². The number of esters is 1. The van der Waals surface area contributed by atoms with Crippen molar-refractivity contribution in [3.8, 4) is 0 Å². The van der Waals surface area contributed by atoms with Crippen LogP contribution in [0.25, 0.3) is 0 Å². The molecule has 1 N–H and O–H groups in total. The zero-order chi connectivity index (χ0) is 19.6. The van der Waals surface area contributed by atoms with Crippen molar-refractivity contribution in [3.05, 3.63) is 65.7 Å². The van der Waals surface area contributed by atoms with Gasteiger partial charge in [-0.3, -0.25) is 9.59 Å². The average Bonchev–Trinajstić information content (AvgIpc) is 2.67. The highest BCUT2D eigenvalue weighted by Gasteiger charge is 2.10. The second-order valence-electron chi connectivity index (χ2n) is 6.76. The van der Waals surface area contributed by atoms with Gasteiger partial charge in [0.15, 0.2) is 5.78 Å². The Morgan fingerprint density at radius 1 is 0.889 bits per heavy atom. The fraction of sp³-hybridized carbons (Fsp3) is 0.318. The van der Waals surface area contributed by atoms with Crippen molar-refractivity contribution >= 4 is 23.3 Å². The van der Waals surface area contributed by atoms with Crippen molar-refractivity contribution in [1.82, 2.24) is 0 Å². The summed E-state index contributed by atoms with van der Waals surface area (Å²) in [5.74, 6) is -0.221. The van der Waals surface area contributed by atoms with Gasteiger partial charge in [-0.15, -0.1) is 0 Å². The summed E-state index contributed by atoms with van der Waals surface area (Å²) < 4.78 is 5.16. The first-order valence-corrected chi connectivity index (χ1v) is 9.11. The minimum absolute atomic E-state index is 0.0349. The van der Waals surface area contributed by atoms with Crippen molar-refractivity contribution < 1.29 is 19.1 Å². The average molecular weight is 367 g/mol. The molecule has 0 aromatic heterocycles. The third kappa shape index (κ3) is 7.05. The van der Waals surface area contributed by atoms with E-state index in [9.17, 15) is 14.4 Å². The normalized spacial score (nSPS) is 10.5. The fourth-order valence-corrected chi connectivity index (χ4v) is 2.42. The quantitative estimate of drug-likeness (QED) is 0.523. The van der Waals surface area contributed by atoms with Crippen molar-refractivity contribution in [3.63, 3.8) is 0 Å². The SMILES string of the molecule is CC(C)COC(=O)c1ccc(NC(=O)CCCC(=O)c2ccccc2)cc1. The molecule has 2 aromatic rings. The van der Waals surface area contributed by atoms with Gasteiger partial charge < -0.3 is 10.1 Å². The molecule has 27 heavy (non-hydrogen) atoms. The molecule has 2 aromatic carbocycles. The third-order valence-electron chi connectivity index (χ3n) is 3.86. The lowest BCUT2D eigenvalue weighted by atomic mass is 10.1. The Labute approximate surface area is 159 Å². The number of carbonyl (C=O) groups is 3. The van der Waals surface area contributed by atoms with E-state index < -0.39 is 0 Å². The molecular formula is C22H25NO4. The molecule has 1 amide bonds. The number of anilines is 1. The van der Waals surface area contributed by atoms with E-state index in [1.807, 2.05) is 32.0 Å². The largest absolute Gasteiger partial charge is 0.462 e. The van der Waals surface area contributed by atoms with Gasteiger partial charge in [0.1, 0.15) is 0 Å². The van der Waals surface area contributed by atoms with Crippen LogP contribution in [0.2, 0.25) is 0 Å². The predicted octanol–water partition coefficient (Wildman–Crippen LogP) is 4.49. The lowest BCUT2D eigenvalue weighted by molar-refractivity contribution is -0.116. The monoisotopic (exact) mass is 367 g/mol. The number of Topliss-reactive ketones (excluding diaryl/α,β-unsaturated/α-hetero) is 1. The molecule has 0 unspecified atom stereocenters. The molecule has 0 aliphatic carbocycles. The summed E-state index contributed by atoms with van der Waals surface area (Å²) in [6.07, 6.45) is 1.08. The van der Waals surface area contributed by atoms with Gasteiger partial charge in [0.05, 0.1) is 12.2 Å². The van der Waals surface area contributed by atoms with E-state index in [0.717, 1.165) is 0 Å². The molecule has 5 heteroatoms. The van der Waals surface area contributed by atoms with E-state index in [4.69, 9.17) is 4.74 Å². The molecule has 0 fully saturated rings. The lowest BCUT2D eigenvalue weighted by Crippen LogP contribution is -2.13. The van der Waals surface area contributed by atoms with Gasteiger partial charge in [-0.05, 0) is 36.6 Å². The summed E-state index contributed by atoms with van der Waals surface area (Å²) in [5, 5.41) is 2.77. The molecule has 2 rings (SSSR count). The molecule has 0 saturated heterocycles. The summed E-state index contributed by atoms with van der Waals surface area (Å²) in [4.78, 5) is 35.9. The van der Waals surface area contributed by atoms with Crippen LogP contribution >= 0.6 is 0 Å². The summed E-state index contributed by atoms with van der Waals surface area (Å²) in [6.45, 7) is 4.32. The van der Waals surface area contributed by atoms with Gasteiger partial charge in [0, 0.05) is 24.1 Å². The second kappa shape index (κ2) is 10.3. The number of carbonyl (C=O) groups excluding carboxylic acids is 3. The Kier molecular flexibility index (Phi) is 7.74. The molecule has 0 atom stereocenters. The Balaban J connectivity index is 1.75. The molecular weight excluding hydrogens is 342 g/mol. The Bertz CT molecular complexity index is 767. The van der Waals surface area contributed by atoms with E-state index in [-0.39, 0.29) is 30.0 Å². The first-order valence-electron chi connectivity index (χ1n) is 9.11. The maximum Gasteiger partial charge on any atom is 0.338 e. The molecule has 142 valence electrons. The van der Waals surface area contributed by atoms with Gasteiger partial charge in [-0.1, -0.05) is 44.2 Å². The summed E-state index contributed by atoms with van der Waals surface area (Å²) in [5.41, 5.74) is 1.72. The van der Waals surface area contributed by atoms with Crippen LogP contribution in [0.1, 0.15) is 53.8 Å². The van der Waals surface area contributed by atoms with Crippen molar-refractivity contribution in [2.75, 3.05) is 11.9 Å². The first-order chi connectivity index (χ1) is 13.0. The number of rotatable bonds is 9. The predicted molar refractivity (Wildman–Crippen MR) is 105 cm³/mol. The van der Waals surface area contributed by atoms with Crippen LogP contribution in [0.5, 0.6) is 0 Å². The minimum atomic E-state index is -0.374. The minimum Gasteiger partial charge on any atom is -0.462 e. The van der Waals surface area contributed by atoms with Crippen LogP contribution < -0.4 is 5.32 Å². The van der Waals surface area contributed by atoms with Crippen LogP contribution in [0, 0.1) is 5.92 Å². The molecule has 0 radical (unpaired) electrons. The van der Waals surface area contributed by atoms with Gasteiger partial charge in [0.25, 0.3) is 0 Å². The standard InChI is InChI=1S/C22H25NO4/c1-16(2)15-27-22(26)18-11-13-19(14-12-18)23-21(25)10-6-9-20(24)17-7-4-3-5-8-17/h3-5,7-8,11-14,16H,6,9-10,15H2,1-2H3,(H,23,25). The zero-order valence-corrected chi connectivity index (χ0v) is 15.7. The van der Waals surface area contributed by atoms with Gasteiger partial charge >= 0.3 is 5.97 Å². The molecule has 0 saturated carbocycles. The third-order valence-corrected chi connectivity index (χ3v) is 3.86. The number of hydrogen-bond donors (Lipinski definition) is 1. The van der Waals surface area contributed by atoms with Gasteiger partial charge in [-0.25, -0.2) is 4.79 Å². The zero-order valence-electron chi connectivity index (χ0n) is 15.7. The maximum absolute atomic E-state index is 12.0. The number of ether oxygens (including phenoxy) is 1. The Morgan fingerprint density at radius 2 is 1.56 bits per heavy atom. The highest BCUT2D eigenvalue weighted by molar-refractivity contribution is 5.97. The molecule has 0 heterocycles. The Morgan fingerprint density at radius 3 is 2.19 bits per heavy atom. The van der Waals surface area contributed by atoms with Crippen LogP contribution in [0.4, 0.5) is 5.69 Å². The molecule has 5 nitrogen and oxygen atoms in total. The van der Waals surface area contributed by atoms with E-state index in [0.29, 0.717) is 36.3 Å². The molecule has 0 aliphatic heterocycles. The summed E-state index contributed by atoms with van der Waals surface area (Å²) in [7, 11) is 0. The van der Waals surface area contributed by atoms with Crippen molar-refractivity contribution in [2.45, 2.75) is 33.1 Å².